The lowest BCUT2D eigenvalue weighted by molar-refractivity contribution is 0.0619. The number of aliphatic hydroxyl groups excluding tert-OH is 1. The molecule has 0 radical (unpaired) electrons. The molecule has 1 saturated heterocycles. The second kappa shape index (κ2) is 8.27. The van der Waals surface area contributed by atoms with Crippen LogP contribution < -0.4 is 5.32 Å². The summed E-state index contributed by atoms with van der Waals surface area (Å²) in [7, 11) is 0. The molecule has 152 valence electrons. The molecule has 0 atom stereocenters. The number of nitrogens with one attached hydrogen (secondary N) is 2. The molecule has 10 heteroatoms. The molecule has 3 heterocycles. The smallest absolute Gasteiger partial charge is 0.264 e. The molecule has 2 amide bonds. The number of β-amino-alcohol motifs (C(OH)–C–C–N with tert-alkyl or cyclic N) is 1. The highest BCUT2D eigenvalue weighted by atomic mass is 32.1. The summed E-state index contributed by atoms with van der Waals surface area (Å²) in [6, 6.07) is 6.97. The molecule has 0 saturated carbocycles. The minimum Gasteiger partial charge on any atom is -0.395 e. The third-order valence-electron chi connectivity index (χ3n) is 4.86. The Hall–Kier alpha value is -2.82. The number of hydrogen-bond acceptors (Lipinski definition) is 6. The fourth-order valence-electron chi connectivity index (χ4n) is 3.26. The van der Waals surface area contributed by atoms with E-state index in [1.54, 1.807) is 11.0 Å². The van der Waals surface area contributed by atoms with Gasteiger partial charge in [0.2, 0.25) is 0 Å². The number of H-pyrrole nitrogens is 1. The van der Waals surface area contributed by atoms with E-state index in [-0.39, 0.29) is 12.5 Å². The van der Waals surface area contributed by atoms with Crippen LogP contribution in [-0.2, 0) is 0 Å². The van der Waals surface area contributed by atoms with Gasteiger partial charge >= 0.3 is 0 Å². The second-order valence-corrected chi connectivity index (χ2v) is 7.80. The Morgan fingerprint density at radius 2 is 1.93 bits per heavy atom. The van der Waals surface area contributed by atoms with Gasteiger partial charge in [0.1, 0.15) is 5.82 Å². The fraction of sp³-hybridized carbons (Fsp3) is 0.316. The second-order valence-electron chi connectivity index (χ2n) is 6.74. The molecule has 1 aliphatic heterocycles. The maximum absolute atomic E-state index is 13.0. The van der Waals surface area contributed by atoms with Crippen LogP contribution in [0, 0.1) is 5.82 Å². The predicted molar refractivity (Wildman–Crippen MR) is 108 cm³/mol. The number of carbonyl (C=O) groups excluding carboxylic acids is 2. The minimum atomic E-state index is -0.415. The summed E-state index contributed by atoms with van der Waals surface area (Å²) < 4.78 is 13.7. The van der Waals surface area contributed by atoms with Crippen LogP contribution in [0.2, 0.25) is 0 Å². The van der Waals surface area contributed by atoms with Gasteiger partial charge in [-0.25, -0.2) is 4.39 Å². The monoisotopic (exact) mass is 417 g/mol. The van der Waals surface area contributed by atoms with E-state index in [0.717, 1.165) is 13.1 Å². The van der Waals surface area contributed by atoms with Crippen LogP contribution in [-0.4, -0.2) is 76.2 Å². The van der Waals surface area contributed by atoms with Crippen molar-refractivity contribution in [3.05, 3.63) is 46.6 Å². The molecule has 3 N–H and O–H groups in total. The molecule has 3 aromatic rings. The Morgan fingerprint density at radius 3 is 2.62 bits per heavy atom. The number of nitrogens with zero attached hydrogens (tertiary/aromatic N) is 3. The molecule has 2 aromatic heterocycles. The number of amides is 2. The number of thiophene rings is 1. The predicted octanol–water partition coefficient (Wildman–Crippen LogP) is 1.77. The van der Waals surface area contributed by atoms with E-state index >= 15 is 0 Å². The third kappa shape index (κ3) is 4.14. The number of carbonyl (C=O) groups is 2. The number of aromatic nitrogens is 2. The van der Waals surface area contributed by atoms with Crippen LogP contribution in [0.25, 0.3) is 10.2 Å². The first-order valence-corrected chi connectivity index (χ1v) is 10.0. The van der Waals surface area contributed by atoms with Crippen molar-refractivity contribution in [1.82, 2.24) is 20.0 Å². The van der Waals surface area contributed by atoms with Crippen molar-refractivity contribution in [2.24, 2.45) is 0 Å². The van der Waals surface area contributed by atoms with E-state index in [1.165, 1.54) is 35.6 Å². The first kappa shape index (κ1) is 19.5. The molecular weight excluding hydrogens is 397 g/mol. The molecule has 1 aliphatic rings. The van der Waals surface area contributed by atoms with Gasteiger partial charge in [-0.05, 0) is 30.3 Å². The molecule has 1 aromatic carbocycles. The summed E-state index contributed by atoms with van der Waals surface area (Å²) in [6.45, 7) is 3.41. The number of aromatic amines is 1. The fourth-order valence-corrected chi connectivity index (χ4v) is 4.28. The van der Waals surface area contributed by atoms with Crippen molar-refractivity contribution in [3.8, 4) is 0 Å². The summed E-state index contributed by atoms with van der Waals surface area (Å²) in [6.07, 6.45) is 0. The van der Waals surface area contributed by atoms with Crippen LogP contribution in [0.15, 0.2) is 30.3 Å². The average molecular weight is 417 g/mol. The van der Waals surface area contributed by atoms with Crippen molar-refractivity contribution in [2.75, 3.05) is 44.6 Å². The van der Waals surface area contributed by atoms with Gasteiger partial charge in [-0.2, -0.15) is 5.10 Å². The third-order valence-corrected chi connectivity index (χ3v) is 5.99. The standard InChI is InChI=1S/C19H20FN5O3S/c20-13-3-1-12(2-4-13)18(27)21-17-16-14(22-23-17)11-15(29-16)19(28)25-7-5-24(6-8-25)9-10-26/h1-4,11,26H,5-10H2,(H2,21,22,23,27). The Kier molecular flexibility index (Phi) is 5.56. The van der Waals surface area contributed by atoms with Crippen molar-refractivity contribution < 1.29 is 19.1 Å². The molecule has 1 fully saturated rings. The van der Waals surface area contributed by atoms with Crippen molar-refractivity contribution in [3.63, 3.8) is 0 Å². The lowest BCUT2D eigenvalue weighted by Crippen LogP contribution is -2.49. The number of fused-ring (bicyclic) bond motifs is 1. The van der Waals surface area contributed by atoms with Gasteiger partial charge in [0, 0.05) is 38.3 Å². The number of hydrogen-bond donors (Lipinski definition) is 3. The van der Waals surface area contributed by atoms with E-state index in [9.17, 15) is 14.0 Å². The lowest BCUT2D eigenvalue weighted by Gasteiger charge is -2.34. The zero-order valence-electron chi connectivity index (χ0n) is 15.5. The maximum Gasteiger partial charge on any atom is 0.264 e. The van der Waals surface area contributed by atoms with Crippen LogP contribution in [0.4, 0.5) is 10.2 Å². The van der Waals surface area contributed by atoms with Crippen LogP contribution in [0.5, 0.6) is 0 Å². The molecule has 0 bridgehead atoms. The molecule has 8 nitrogen and oxygen atoms in total. The first-order chi connectivity index (χ1) is 14.0. The van der Waals surface area contributed by atoms with Crippen LogP contribution in [0.3, 0.4) is 0 Å². The molecule has 4 rings (SSSR count). The highest BCUT2D eigenvalue weighted by Gasteiger charge is 2.24. The summed E-state index contributed by atoms with van der Waals surface area (Å²) in [5.74, 6) is -0.535. The number of halogens is 1. The number of piperazine rings is 1. The molecule has 0 aliphatic carbocycles. The molecular formula is C19H20FN5O3S. The van der Waals surface area contributed by atoms with Gasteiger partial charge in [0.15, 0.2) is 5.82 Å². The largest absolute Gasteiger partial charge is 0.395 e. The SMILES string of the molecule is O=C(Nc1n[nH]c2cc(C(=O)N3CCN(CCO)CC3)sc12)c1ccc(F)cc1. The Balaban J connectivity index is 1.46. The van der Waals surface area contributed by atoms with E-state index in [1.807, 2.05) is 0 Å². The van der Waals surface area contributed by atoms with E-state index in [0.29, 0.717) is 46.1 Å². The molecule has 0 unspecified atom stereocenters. The van der Waals surface area contributed by atoms with Crippen LogP contribution in [0.1, 0.15) is 20.0 Å². The number of anilines is 1. The van der Waals surface area contributed by atoms with Gasteiger partial charge in [-0.15, -0.1) is 11.3 Å². The van der Waals surface area contributed by atoms with Crippen molar-refractivity contribution in [1.29, 1.82) is 0 Å². The number of rotatable bonds is 5. The Bertz CT molecular complexity index is 1020. The summed E-state index contributed by atoms with van der Waals surface area (Å²) in [5, 5.41) is 18.7. The average Bonchev–Trinajstić information content (AvgIpc) is 3.31. The first-order valence-electron chi connectivity index (χ1n) is 9.22. The van der Waals surface area contributed by atoms with E-state index in [2.05, 4.69) is 20.4 Å². The highest BCUT2D eigenvalue weighted by molar-refractivity contribution is 7.21. The topological polar surface area (TPSA) is 102 Å². The quantitative estimate of drug-likeness (QED) is 0.587. The van der Waals surface area contributed by atoms with E-state index in [4.69, 9.17) is 5.11 Å². The van der Waals surface area contributed by atoms with Crippen LogP contribution >= 0.6 is 11.3 Å². The van der Waals surface area contributed by atoms with E-state index < -0.39 is 11.7 Å². The normalized spacial score (nSPS) is 15.0. The Labute approximate surface area is 169 Å². The van der Waals surface area contributed by atoms with Gasteiger partial charge in [0.05, 0.1) is 21.7 Å². The highest BCUT2D eigenvalue weighted by Crippen LogP contribution is 2.31. The summed E-state index contributed by atoms with van der Waals surface area (Å²) in [5.41, 5.74) is 0.989. The van der Waals surface area contributed by atoms with Gasteiger partial charge in [-0.3, -0.25) is 19.6 Å². The van der Waals surface area contributed by atoms with Gasteiger partial charge in [-0.1, -0.05) is 0 Å². The zero-order valence-corrected chi connectivity index (χ0v) is 16.3. The Morgan fingerprint density at radius 1 is 1.21 bits per heavy atom. The maximum atomic E-state index is 13.0. The van der Waals surface area contributed by atoms with Gasteiger partial charge in [0.25, 0.3) is 11.8 Å². The number of aliphatic hydroxyl groups is 1. The molecule has 0 spiro atoms. The van der Waals surface area contributed by atoms with Crippen molar-refractivity contribution in [2.45, 2.75) is 0 Å². The minimum absolute atomic E-state index is 0.0564. The number of benzene rings is 1. The molecule has 29 heavy (non-hydrogen) atoms. The summed E-state index contributed by atoms with van der Waals surface area (Å²) >= 11 is 1.27. The zero-order chi connectivity index (χ0) is 20.4. The van der Waals surface area contributed by atoms with Gasteiger partial charge < -0.3 is 15.3 Å². The summed E-state index contributed by atoms with van der Waals surface area (Å²) in [4.78, 5) is 29.7. The van der Waals surface area contributed by atoms with Crippen molar-refractivity contribution >= 4 is 39.2 Å². The lowest BCUT2D eigenvalue weighted by atomic mass is 10.2.